The maximum absolute atomic E-state index is 5.51. The quantitative estimate of drug-likeness (QED) is 0.586. The van der Waals surface area contributed by atoms with Crippen molar-refractivity contribution >= 4 is 15.9 Å². The van der Waals surface area contributed by atoms with E-state index in [-0.39, 0.29) is 6.61 Å². The van der Waals surface area contributed by atoms with Crippen molar-refractivity contribution in [3.8, 4) is 30.4 Å². The summed E-state index contributed by atoms with van der Waals surface area (Å²) in [6.45, 7) is 2.00. The van der Waals surface area contributed by atoms with Gasteiger partial charge in [-0.2, -0.15) is 0 Å². The molecule has 1 rings (SSSR count). The Labute approximate surface area is 124 Å². The van der Waals surface area contributed by atoms with Gasteiger partial charge in [-0.1, -0.05) is 21.9 Å². The summed E-state index contributed by atoms with van der Waals surface area (Å²) >= 11 is 3.46. The van der Waals surface area contributed by atoms with Gasteiger partial charge in [0.1, 0.15) is 12.4 Å². The molecule has 0 unspecified atom stereocenters. The summed E-state index contributed by atoms with van der Waals surface area (Å²) in [5, 5.41) is 3.38. The van der Waals surface area contributed by atoms with Crippen molar-refractivity contribution < 1.29 is 4.74 Å². The fourth-order valence-electron chi connectivity index (χ4n) is 1.65. The van der Waals surface area contributed by atoms with Crippen LogP contribution in [0.15, 0.2) is 22.7 Å². The summed E-state index contributed by atoms with van der Waals surface area (Å²) < 4.78 is 6.55. The summed E-state index contributed by atoms with van der Waals surface area (Å²) in [6.07, 6.45) is 13.4. The minimum Gasteiger partial charge on any atom is -0.481 e. The third-order valence-electron chi connectivity index (χ3n) is 2.57. The van der Waals surface area contributed by atoms with Gasteiger partial charge in [-0.3, -0.25) is 0 Å². The highest BCUT2D eigenvalue weighted by atomic mass is 79.9. The molecule has 0 saturated heterocycles. The molecule has 0 saturated carbocycles. The Morgan fingerprint density at radius 2 is 2.05 bits per heavy atom. The van der Waals surface area contributed by atoms with Gasteiger partial charge in [-0.15, -0.1) is 18.8 Å². The van der Waals surface area contributed by atoms with Crippen molar-refractivity contribution in [2.24, 2.45) is 0 Å². The molecule has 0 aromatic heterocycles. The van der Waals surface area contributed by atoms with Gasteiger partial charge in [0.2, 0.25) is 0 Å². The Balaban J connectivity index is 2.45. The third kappa shape index (κ3) is 6.34. The Hall–Kier alpha value is -1.42. The first kappa shape index (κ1) is 15.6. The highest BCUT2D eigenvalue weighted by molar-refractivity contribution is 9.10. The lowest BCUT2D eigenvalue weighted by Crippen LogP contribution is -2.15. The second kappa shape index (κ2) is 9.50. The normalized spacial score (nSPS) is 9.63. The van der Waals surface area contributed by atoms with Crippen molar-refractivity contribution in [3.63, 3.8) is 0 Å². The molecule has 0 aliphatic heterocycles. The first-order valence-corrected chi connectivity index (χ1v) is 7.06. The molecule has 0 bridgehead atoms. The monoisotopic (exact) mass is 319 g/mol. The van der Waals surface area contributed by atoms with Crippen LogP contribution in [0.25, 0.3) is 0 Å². The maximum Gasteiger partial charge on any atom is 0.148 e. The molecule has 0 aliphatic rings. The second-order valence-electron chi connectivity index (χ2n) is 4.08. The molecule has 2 nitrogen and oxygen atoms in total. The Morgan fingerprint density at radius 3 is 2.79 bits per heavy atom. The first-order chi connectivity index (χ1) is 9.27. The van der Waals surface area contributed by atoms with E-state index in [0.717, 1.165) is 48.1 Å². The Bertz CT molecular complexity index is 471. The number of ether oxygens (including phenoxy) is 1. The second-order valence-corrected chi connectivity index (χ2v) is 5.00. The van der Waals surface area contributed by atoms with E-state index in [1.54, 1.807) is 0 Å². The summed E-state index contributed by atoms with van der Waals surface area (Å²) in [4.78, 5) is 0. The van der Waals surface area contributed by atoms with Crippen LogP contribution in [0.3, 0.4) is 0 Å². The minimum atomic E-state index is 0.288. The number of halogens is 1. The number of unbranched alkanes of at least 4 members (excludes halogenated alkanes) is 2. The SMILES string of the molecule is C#CCCCCNCc1cc(Br)ccc1OCC#C. The van der Waals surface area contributed by atoms with Crippen LogP contribution in [0.2, 0.25) is 0 Å². The van der Waals surface area contributed by atoms with Gasteiger partial charge >= 0.3 is 0 Å². The molecule has 1 aromatic carbocycles. The fraction of sp³-hybridized carbons (Fsp3) is 0.375. The summed E-state index contributed by atoms with van der Waals surface area (Å²) in [5.74, 6) is 5.95. The molecule has 100 valence electrons. The van der Waals surface area contributed by atoms with Gasteiger partial charge in [-0.25, -0.2) is 0 Å². The smallest absolute Gasteiger partial charge is 0.148 e. The largest absolute Gasteiger partial charge is 0.481 e. The van der Waals surface area contributed by atoms with E-state index in [9.17, 15) is 0 Å². The van der Waals surface area contributed by atoms with Crippen LogP contribution >= 0.6 is 15.9 Å². The topological polar surface area (TPSA) is 21.3 Å². The Morgan fingerprint density at radius 1 is 1.21 bits per heavy atom. The van der Waals surface area contributed by atoms with Gasteiger partial charge in [0.15, 0.2) is 0 Å². The van der Waals surface area contributed by atoms with Crippen LogP contribution in [-0.4, -0.2) is 13.2 Å². The molecule has 1 aromatic rings. The average Bonchev–Trinajstić information content (AvgIpc) is 2.42. The van der Waals surface area contributed by atoms with E-state index in [1.807, 2.05) is 18.2 Å². The van der Waals surface area contributed by atoms with Crippen LogP contribution in [0.4, 0.5) is 0 Å². The minimum absolute atomic E-state index is 0.288. The zero-order valence-corrected chi connectivity index (χ0v) is 12.5. The summed E-state index contributed by atoms with van der Waals surface area (Å²) in [7, 11) is 0. The van der Waals surface area contributed by atoms with Crippen molar-refractivity contribution in [2.75, 3.05) is 13.2 Å². The molecule has 0 atom stereocenters. The van der Waals surface area contributed by atoms with Crippen molar-refractivity contribution in [2.45, 2.75) is 25.8 Å². The molecular weight excluding hydrogens is 302 g/mol. The molecule has 19 heavy (non-hydrogen) atoms. The van der Waals surface area contributed by atoms with Crippen LogP contribution in [-0.2, 0) is 6.54 Å². The van der Waals surface area contributed by atoms with E-state index < -0.39 is 0 Å². The number of terminal acetylenes is 2. The van der Waals surface area contributed by atoms with E-state index in [2.05, 4.69) is 33.1 Å². The van der Waals surface area contributed by atoms with Crippen molar-refractivity contribution in [1.29, 1.82) is 0 Å². The number of benzene rings is 1. The maximum atomic E-state index is 5.51. The standard InChI is InChI=1S/C16H18BrNO/c1-3-5-6-7-10-18-13-14-12-15(17)8-9-16(14)19-11-4-2/h1-2,8-9,12,18H,5-7,10-11,13H2. The van der Waals surface area contributed by atoms with Crippen LogP contribution in [0, 0.1) is 24.7 Å². The predicted molar refractivity (Wildman–Crippen MR) is 82.9 cm³/mol. The van der Waals surface area contributed by atoms with Crippen LogP contribution in [0.1, 0.15) is 24.8 Å². The van der Waals surface area contributed by atoms with Gasteiger partial charge in [0.05, 0.1) is 0 Å². The van der Waals surface area contributed by atoms with Crippen molar-refractivity contribution in [3.05, 3.63) is 28.2 Å². The van der Waals surface area contributed by atoms with E-state index in [1.165, 1.54) is 0 Å². The predicted octanol–water partition coefficient (Wildman–Crippen LogP) is 3.35. The highest BCUT2D eigenvalue weighted by Crippen LogP contribution is 2.23. The van der Waals surface area contributed by atoms with E-state index in [0.29, 0.717) is 0 Å². The van der Waals surface area contributed by atoms with Crippen LogP contribution < -0.4 is 10.1 Å². The molecule has 0 heterocycles. The van der Waals surface area contributed by atoms with Gasteiger partial charge in [-0.05, 0) is 37.6 Å². The number of hydrogen-bond donors (Lipinski definition) is 1. The molecule has 3 heteroatoms. The number of rotatable bonds is 8. The number of nitrogens with one attached hydrogen (secondary N) is 1. The number of hydrogen-bond acceptors (Lipinski definition) is 2. The fourth-order valence-corrected chi connectivity index (χ4v) is 2.06. The molecule has 1 N–H and O–H groups in total. The third-order valence-corrected chi connectivity index (χ3v) is 3.07. The summed E-state index contributed by atoms with van der Waals surface area (Å²) in [5.41, 5.74) is 1.10. The molecule has 0 radical (unpaired) electrons. The zero-order chi connectivity index (χ0) is 13.9. The molecule has 0 fully saturated rings. The zero-order valence-electron chi connectivity index (χ0n) is 10.9. The van der Waals surface area contributed by atoms with Crippen molar-refractivity contribution in [1.82, 2.24) is 5.32 Å². The lowest BCUT2D eigenvalue weighted by molar-refractivity contribution is 0.364. The Kier molecular flexibility index (Phi) is 7.82. The first-order valence-electron chi connectivity index (χ1n) is 6.26. The van der Waals surface area contributed by atoms with Gasteiger partial charge in [0, 0.05) is 23.0 Å². The average molecular weight is 320 g/mol. The highest BCUT2D eigenvalue weighted by Gasteiger charge is 2.04. The lowest BCUT2D eigenvalue weighted by atomic mass is 10.2. The van der Waals surface area contributed by atoms with E-state index >= 15 is 0 Å². The molecule has 0 spiro atoms. The lowest BCUT2D eigenvalue weighted by Gasteiger charge is -2.11. The van der Waals surface area contributed by atoms with Gasteiger partial charge < -0.3 is 10.1 Å². The summed E-state index contributed by atoms with van der Waals surface area (Å²) in [6, 6.07) is 5.92. The molecule has 0 amide bonds. The van der Waals surface area contributed by atoms with E-state index in [4.69, 9.17) is 17.6 Å². The van der Waals surface area contributed by atoms with Crippen LogP contribution in [0.5, 0.6) is 5.75 Å². The molecular formula is C16H18BrNO. The van der Waals surface area contributed by atoms with Gasteiger partial charge in [0.25, 0.3) is 0 Å². The molecule has 0 aliphatic carbocycles.